The highest BCUT2D eigenvalue weighted by atomic mass is 19.4. The summed E-state index contributed by atoms with van der Waals surface area (Å²) in [5, 5.41) is 2.93. The molecule has 164 valence electrons. The fraction of sp³-hybridized carbons (Fsp3) is 0.667. The molecule has 1 aliphatic heterocycles. The van der Waals surface area contributed by atoms with E-state index in [2.05, 4.69) is 24.1 Å². The summed E-state index contributed by atoms with van der Waals surface area (Å²) in [6, 6.07) is 5.18. The minimum atomic E-state index is -4.44. The van der Waals surface area contributed by atoms with Gasteiger partial charge in [-0.05, 0) is 17.5 Å². The lowest BCUT2D eigenvalue weighted by atomic mass is 9.92. The standard InChI is InChI=1S/C21H32F3N3O2/c1-4-16(5-2)19(27-10-12-29-13-11-27)14-25-20(28)26(3)15-17-8-6-7-9-18(17)21(22,23)24/h6-9,16,19H,4-5,10-15H2,1-3H3,(H,25,28). The first-order chi connectivity index (χ1) is 13.8. The van der Waals surface area contributed by atoms with E-state index in [9.17, 15) is 18.0 Å². The van der Waals surface area contributed by atoms with E-state index in [1.165, 1.54) is 24.1 Å². The number of ether oxygens (including phenoxy) is 1. The summed E-state index contributed by atoms with van der Waals surface area (Å²) in [5.41, 5.74) is -0.620. The van der Waals surface area contributed by atoms with Crippen LogP contribution in [0.15, 0.2) is 24.3 Å². The SMILES string of the molecule is CCC(CC)C(CNC(=O)N(C)Cc1ccccc1C(F)(F)F)N1CCOCC1. The van der Waals surface area contributed by atoms with Crippen LogP contribution in [0.3, 0.4) is 0 Å². The summed E-state index contributed by atoms with van der Waals surface area (Å²) < 4.78 is 45.0. The van der Waals surface area contributed by atoms with Crippen molar-refractivity contribution >= 4 is 6.03 Å². The van der Waals surface area contributed by atoms with E-state index in [4.69, 9.17) is 4.74 Å². The molecule has 1 N–H and O–H groups in total. The van der Waals surface area contributed by atoms with Gasteiger partial charge in [-0.15, -0.1) is 0 Å². The molecule has 1 saturated heterocycles. The molecule has 1 atom stereocenters. The van der Waals surface area contributed by atoms with Crippen molar-refractivity contribution in [3.63, 3.8) is 0 Å². The second kappa shape index (κ2) is 10.8. The average Bonchev–Trinajstić information content (AvgIpc) is 2.71. The van der Waals surface area contributed by atoms with Crippen LogP contribution in [0.5, 0.6) is 0 Å². The van der Waals surface area contributed by atoms with Crippen LogP contribution in [0.25, 0.3) is 0 Å². The zero-order valence-electron chi connectivity index (χ0n) is 17.5. The normalized spacial score (nSPS) is 16.7. The molecule has 1 fully saturated rings. The molecule has 0 spiro atoms. The molecule has 2 rings (SSSR count). The van der Waals surface area contributed by atoms with Crippen molar-refractivity contribution in [1.29, 1.82) is 0 Å². The van der Waals surface area contributed by atoms with Crippen molar-refractivity contribution < 1.29 is 22.7 Å². The Hall–Kier alpha value is -1.80. The van der Waals surface area contributed by atoms with Gasteiger partial charge in [0.05, 0.1) is 18.8 Å². The number of nitrogens with zero attached hydrogens (tertiary/aromatic N) is 2. The smallest absolute Gasteiger partial charge is 0.379 e. The van der Waals surface area contributed by atoms with Crippen LogP contribution < -0.4 is 5.32 Å². The zero-order valence-corrected chi connectivity index (χ0v) is 17.5. The predicted octanol–water partition coefficient (Wildman–Crippen LogP) is 3.98. The lowest BCUT2D eigenvalue weighted by Crippen LogP contribution is -2.53. The molecule has 8 heteroatoms. The molecule has 29 heavy (non-hydrogen) atoms. The fourth-order valence-corrected chi connectivity index (χ4v) is 3.92. The maximum absolute atomic E-state index is 13.2. The van der Waals surface area contributed by atoms with Gasteiger partial charge in [0, 0.05) is 39.3 Å². The highest BCUT2D eigenvalue weighted by Gasteiger charge is 2.33. The van der Waals surface area contributed by atoms with Gasteiger partial charge < -0.3 is 15.0 Å². The van der Waals surface area contributed by atoms with E-state index in [0.717, 1.165) is 32.0 Å². The predicted molar refractivity (Wildman–Crippen MR) is 107 cm³/mol. The number of amides is 2. The largest absolute Gasteiger partial charge is 0.416 e. The number of benzene rings is 1. The second-order valence-electron chi connectivity index (χ2n) is 7.49. The summed E-state index contributed by atoms with van der Waals surface area (Å²) in [5.74, 6) is 0.435. The summed E-state index contributed by atoms with van der Waals surface area (Å²) in [7, 11) is 1.52. The number of morpholine rings is 1. The van der Waals surface area contributed by atoms with Gasteiger partial charge in [-0.1, -0.05) is 44.9 Å². The van der Waals surface area contributed by atoms with Crippen molar-refractivity contribution in [3.05, 3.63) is 35.4 Å². The highest BCUT2D eigenvalue weighted by molar-refractivity contribution is 5.73. The molecule has 1 heterocycles. The number of alkyl halides is 3. The summed E-state index contributed by atoms with van der Waals surface area (Å²) in [6.07, 6.45) is -2.43. The topological polar surface area (TPSA) is 44.8 Å². The van der Waals surface area contributed by atoms with Crippen molar-refractivity contribution in [2.75, 3.05) is 39.9 Å². The fourth-order valence-electron chi connectivity index (χ4n) is 3.92. The van der Waals surface area contributed by atoms with Crippen LogP contribution in [0.1, 0.15) is 37.8 Å². The molecule has 1 aromatic carbocycles. The second-order valence-corrected chi connectivity index (χ2v) is 7.49. The molecule has 0 aromatic heterocycles. The number of carbonyl (C=O) groups excluding carboxylic acids is 1. The van der Waals surface area contributed by atoms with E-state index in [0.29, 0.717) is 25.7 Å². The van der Waals surface area contributed by atoms with Crippen LogP contribution in [-0.4, -0.2) is 61.8 Å². The van der Waals surface area contributed by atoms with Crippen LogP contribution in [0, 0.1) is 5.92 Å². The first kappa shape index (κ1) is 23.5. The van der Waals surface area contributed by atoms with Gasteiger partial charge >= 0.3 is 12.2 Å². The minimum absolute atomic E-state index is 0.0855. The van der Waals surface area contributed by atoms with Gasteiger partial charge in [0.25, 0.3) is 0 Å². The van der Waals surface area contributed by atoms with E-state index >= 15 is 0 Å². The zero-order chi connectivity index (χ0) is 21.4. The molecule has 0 bridgehead atoms. The molecule has 0 aliphatic carbocycles. The summed E-state index contributed by atoms with van der Waals surface area (Å²) >= 11 is 0. The van der Waals surface area contributed by atoms with Gasteiger partial charge in [0.1, 0.15) is 0 Å². The Labute approximate surface area is 171 Å². The van der Waals surface area contributed by atoms with Crippen molar-refractivity contribution in [2.45, 2.75) is 45.5 Å². The first-order valence-electron chi connectivity index (χ1n) is 10.2. The van der Waals surface area contributed by atoms with Crippen LogP contribution in [0.4, 0.5) is 18.0 Å². The Bertz CT molecular complexity index is 644. The Morgan fingerprint density at radius 1 is 1.21 bits per heavy atom. The van der Waals surface area contributed by atoms with Crippen molar-refractivity contribution in [3.8, 4) is 0 Å². The monoisotopic (exact) mass is 415 g/mol. The molecule has 0 radical (unpaired) electrons. The summed E-state index contributed by atoms with van der Waals surface area (Å²) in [6.45, 7) is 7.66. The molecule has 1 aromatic rings. The highest BCUT2D eigenvalue weighted by Crippen LogP contribution is 2.32. The van der Waals surface area contributed by atoms with Gasteiger partial charge in [0.2, 0.25) is 0 Å². The van der Waals surface area contributed by atoms with Crippen LogP contribution >= 0.6 is 0 Å². The number of hydrogen-bond donors (Lipinski definition) is 1. The van der Waals surface area contributed by atoms with Gasteiger partial charge in [-0.3, -0.25) is 4.90 Å². The number of rotatable bonds is 8. The molecule has 1 unspecified atom stereocenters. The van der Waals surface area contributed by atoms with Gasteiger partial charge in [0.15, 0.2) is 0 Å². The maximum atomic E-state index is 13.2. The molecule has 5 nitrogen and oxygen atoms in total. The number of halogens is 3. The molecular formula is C21H32F3N3O2. The van der Waals surface area contributed by atoms with Crippen molar-refractivity contribution in [2.24, 2.45) is 5.92 Å². The van der Waals surface area contributed by atoms with Crippen LogP contribution in [-0.2, 0) is 17.5 Å². The van der Waals surface area contributed by atoms with E-state index in [-0.39, 0.29) is 24.2 Å². The minimum Gasteiger partial charge on any atom is -0.379 e. The number of urea groups is 1. The third-order valence-corrected chi connectivity index (χ3v) is 5.65. The van der Waals surface area contributed by atoms with Gasteiger partial charge in [-0.25, -0.2) is 4.79 Å². The van der Waals surface area contributed by atoms with E-state index in [1.807, 2.05) is 0 Å². The maximum Gasteiger partial charge on any atom is 0.416 e. The number of hydrogen-bond acceptors (Lipinski definition) is 3. The first-order valence-corrected chi connectivity index (χ1v) is 10.2. The van der Waals surface area contributed by atoms with E-state index < -0.39 is 11.7 Å². The third kappa shape index (κ3) is 6.60. The Morgan fingerprint density at radius 3 is 2.41 bits per heavy atom. The molecule has 1 aliphatic rings. The number of carbonyl (C=O) groups is 1. The Kier molecular flexibility index (Phi) is 8.77. The number of nitrogens with one attached hydrogen (secondary N) is 1. The average molecular weight is 416 g/mol. The third-order valence-electron chi connectivity index (χ3n) is 5.65. The quantitative estimate of drug-likeness (QED) is 0.699. The van der Waals surface area contributed by atoms with Gasteiger partial charge in [-0.2, -0.15) is 13.2 Å². The lowest BCUT2D eigenvalue weighted by molar-refractivity contribution is -0.138. The molecule has 2 amide bonds. The summed E-state index contributed by atoms with van der Waals surface area (Å²) in [4.78, 5) is 16.2. The molecule has 0 saturated carbocycles. The van der Waals surface area contributed by atoms with E-state index in [1.54, 1.807) is 6.07 Å². The Balaban J connectivity index is 2.00. The van der Waals surface area contributed by atoms with Crippen LogP contribution in [0.2, 0.25) is 0 Å². The Morgan fingerprint density at radius 2 is 1.83 bits per heavy atom. The lowest BCUT2D eigenvalue weighted by Gasteiger charge is -2.39. The van der Waals surface area contributed by atoms with Crippen molar-refractivity contribution in [1.82, 2.24) is 15.1 Å². The molecular weight excluding hydrogens is 383 g/mol.